The molecule has 17 nitrogen and oxygen atoms in total. The van der Waals surface area contributed by atoms with Gasteiger partial charge in [0.1, 0.15) is 19.3 Å². The first kappa shape index (κ1) is 88.1. The second kappa shape index (κ2) is 61.9. The molecule has 0 rings (SSSR count). The number of aliphatic hydroxyl groups excluding tert-OH is 1. The summed E-state index contributed by atoms with van der Waals surface area (Å²) in [4.78, 5) is 72.6. The van der Waals surface area contributed by atoms with Crippen LogP contribution < -0.4 is 0 Å². The number of phosphoric ester groups is 2. The van der Waals surface area contributed by atoms with Crippen LogP contribution in [0.1, 0.15) is 357 Å². The largest absolute Gasteiger partial charge is 0.472 e. The second-order valence-electron chi connectivity index (χ2n) is 26.8. The summed E-state index contributed by atoms with van der Waals surface area (Å²) in [5.74, 6) is 0.114. The fraction of sp³-hybridized carbons (Fsp3) is 0.944. The molecule has 0 aromatic rings. The molecular weight excluding hydrogens is 1190 g/mol. The lowest BCUT2D eigenvalue weighted by Crippen LogP contribution is -2.30. The summed E-state index contributed by atoms with van der Waals surface area (Å²) in [6.07, 6.45) is 45.7. The Hall–Kier alpha value is -1.94. The molecule has 0 aliphatic rings. The second-order valence-corrected chi connectivity index (χ2v) is 29.7. The molecule has 0 saturated carbocycles. The standard InChI is InChI=1S/C71H138O17P2/c1-8-10-11-12-13-14-15-16-17-18-19-22-33-40-47-54-70(75)87-66(58-81-68(73)52-45-38-31-23-20-21-28-35-42-49-62(3)4)60-85-89(77,78)83-56-65(72)57-84-90(79,80)86-61-67(59-82-69(74)53-46-39-32-26-24-29-36-43-50-63(5)6)88-71(76)55-48-41-34-27-25-30-37-44-51-64(7)9-2/h62-67,72H,8-61H2,1-7H3,(H,77,78)(H,79,80)/t64?,65-,66-,67-/m1/s1. The smallest absolute Gasteiger partial charge is 0.462 e. The van der Waals surface area contributed by atoms with Gasteiger partial charge in [0, 0.05) is 25.7 Å². The first-order chi connectivity index (χ1) is 43.3. The summed E-state index contributed by atoms with van der Waals surface area (Å²) in [5.41, 5.74) is 0. The van der Waals surface area contributed by atoms with Gasteiger partial charge in [-0.3, -0.25) is 37.3 Å². The van der Waals surface area contributed by atoms with E-state index < -0.39 is 97.5 Å². The van der Waals surface area contributed by atoms with Crippen LogP contribution in [0.3, 0.4) is 0 Å². The van der Waals surface area contributed by atoms with Gasteiger partial charge in [-0.25, -0.2) is 9.13 Å². The van der Waals surface area contributed by atoms with Gasteiger partial charge < -0.3 is 33.8 Å². The number of ether oxygens (including phenoxy) is 4. The van der Waals surface area contributed by atoms with E-state index in [9.17, 15) is 43.2 Å². The van der Waals surface area contributed by atoms with Crippen LogP contribution in [-0.2, 0) is 65.4 Å². The van der Waals surface area contributed by atoms with Gasteiger partial charge >= 0.3 is 39.5 Å². The third-order valence-corrected chi connectivity index (χ3v) is 18.6. The highest BCUT2D eigenvalue weighted by molar-refractivity contribution is 7.47. The lowest BCUT2D eigenvalue weighted by molar-refractivity contribution is -0.161. The molecule has 6 atom stereocenters. The average Bonchev–Trinajstić information content (AvgIpc) is 3.23. The van der Waals surface area contributed by atoms with Crippen molar-refractivity contribution in [2.75, 3.05) is 39.6 Å². The molecule has 534 valence electrons. The highest BCUT2D eigenvalue weighted by Gasteiger charge is 2.30. The van der Waals surface area contributed by atoms with Crippen LogP contribution >= 0.6 is 15.6 Å². The molecule has 0 spiro atoms. The summed E-state index contributed by atoms with van der Waals surface area (Å²) >= 11 is 0. The number of hydrogen-bond acceptors (Lipinski definition) is 15. The van der Waals surface area contributed by atoms with E-state index in [2.05, 4.69) is 48.5 Å². The van der Waals surface area contributed by atoms with Crippen LogP contribution in [0.2, 0.25) is 0 Å². The van der Waals surface area contributed by atoms with Crippen molar-refractivity contribution in [3.05, 3.63) is 0 Å². The van der Waals surface area contributed by atoms with Crippen molar-refractivity contribution >= 4 is 39.5 Å². The number of phosphoric acid groups is 2. The first-order valence-electron chi connectivity index (χ1n) is 36.9. The molecule has 0 aliphatic heterocycles. The van der Waals surface area contributed by atoms with Crippen LogP contribution in [0.4, 0.5) is 0 Å². The van der Waals surface area contributed by atoms with Gasteiger partial charge in [-0.1, -0.05) is 305 Å². The molecule has 19 heteroatoms. The van der Waals surface area contributed by atoms with Crippen LogP contribution in [-0.4, -0.2) is 96.7 Å². The number of carbonyl (C=O) groups is 4. The fourth-order valence-corrected chi connectivity index (χ4v) is 12.3. The van der Waals surface area contributed by atoms with Gasteiger partial charge in [-0.2, -0.15) is 0 Å². The van der Waals surface area contributed by atoms with Gasteiger partial charge in [-0.05, 0) is 43.4 Å². The van der Waals surface area contributed by atoms with Crippen molar-refractivity contribution in [2.45, 2.75) is 375 Å². The number of rotatable bonds is 69. The Labute approximate surface area is 549 Å². The van der Waals surface area contributed by atoms with Crippen molar-refractivity contribution in [1.82, 2.24) is 0 Å². The third kappa shape index (κ3) is 63.5. The first-order valence-corrected chi connectivity index (χ1v) is 39.9. The molecule has 0 saturated heterocycles. The van der Waals surface area contributed by atoms with Crippen molar-refractivity contribution in [1.29, 1.82) is 0 Å². The fourth-order valence-electron chi connectivity index (χ4n) is 10.7. The zero-order valence-electron chi connectivity index (χ0n) is 58.6. The van der Waals surface area contributed by atoms with Crippen LogP contribution in [0.25, 0.3) is 0 Å². The Morgan fingerprint density at radius 2 is 0.567 bits per heavy atom. The zero-order chi connectivity index (χ0) is 66.6. The number of aliphatic hydroxyl groups is 1. The Kier molecular flexibility index (Phi) is 60.6. The molecule has 0 fully saturated rings. The molecule has 0 aromatic carbocycles. The van der Waals surface area contributed by atoms with Gasteiger partial charge in [0.25, 0.3) is 0 Å². The maximum absolute atomic E-state index is 13.0. The molecule has 0 heterocycles. The van der Waals surface area contributed by atoms with Gasteiger partial charge in [0.2, 0.25) is 0 Å². The molecule has 0 aliphatic carbocycles. The van der Waals surface area contributed by atoms with Crippen molar-refractivity contribution in [2.24, 2.45) is 17.8 Å². The highest BCUT2D eigenvalue weighted by Crippen LogP contribution is 2.45. The Morgan fingerprint density at radius 3 is 0.844 bits per heavy atom. The van der Waals surface area contributed by atoms with Crippen molar-refractivity contribution in [3.63, 3.8) is 0 Å². The summed E-state index contributed by atoms with van der Waals surface area (Å²) in [6.45, 7) is 11.8. The monoisotopic (exact) mass is 1320 g/mol. The summed E-state index contributed by atoms with van der Waals surface area (Å²) < 4.78 is 68.3. The lowest BCUT2D eigenvalue weighted by atomic mass is 9.99. The van der Waals surface area contributed by atoms with Crippen molar-refractivity contribution in [3.8, 4) is 0 Å². The third-order valence-electron chi connectivity index (χ3n) is 16.7. The molecule has 0 amide bonds. The summed E-state index contributed by atoms with van der Waals surface area (Å²) in [5, 5.41) is 10.6. The normalized spacial score (nSPS) is 14.5. The van der Waals surface area contributed by atoms with Crippen LogP contribution in [0, 0.1) is 17.8 Å². The van der Waals surface area contributed by atoms with Gasteiger partial charge in [-0.15, -0.1) is 0 Å². The molecule has 3 N–H and O–H groups in total. The summed E-state index contributed by atoms with van der Waals surface area (Å²) in [7, 11) is -9.90. The van der Waals surface area contributed by atoms with Crippen LogP contribution in [0.15, 0.2) is 0 Å². The van der Waals surface area contributed by atoms with E-state index >= 15 is 0 Å². The van der Waals surface area contributed by atoms with Crippen molar-refractivity contribution < 1.29 is 80.2 Å². The SMILES string of the molecule is CCCCCCCCCCCCCCCCCC(=O)O[C@H](COC(=O)CCCCCCCCCCCC(C)C)COP(=O)(O)OC[C@@H](O)COP(=O)(O)OC[C@@H](COC(=O)CCCCCCCCCCC(C)C)OC(=O)CCCCCCCCCCC(C)CC. The average molecular weight is 1330 g/mol. The predicted molar refractivity (Wildman–Crippen MR) is 363 cm³/mol. The minimum absolute atomic E-state index is 0.104. The predicted octanol–water partition coefficient (Wildman–Crippen LogP) is 20.2. The number of carbonyl (C=O) groups excluding carboxylic acids is 4. The minimum Gasteiger partial charge on any atom is -0.462 e. The Morgan fingerprint density at radius 1 is 0.322 bits per heavy atom. The topological polar surface area (TPSA) is 237 Å². The maximum Gasteiger partial charge on any atom is 0.472 e. The van der Waals surface area contributed by atoms with E-state index in [1.807, 2.05) is 0 Å². The highest BCUT2D eigenvalue weighted by atomic mass is 31.2. The molecule has 0 aromatic heterocycles. The summed E-state index contributed by atoms with van der Waals surface area (Å²) in [6, 6.07) is 0. The Balaban J connectivity index is 5.27. The molecule has 0 radical (unpaired) electrons. The number of hydrogen-bond donors (Lipinski definition) is 3. The quantitative estimate of drug-likeness (QED) is 0.0222. The number of esters is 4. The van der Waals surface area contributed by atoms with E-state index in [1.54, 1.807) is 0 Å². The van der Waals surface area contributed by atoms with Gasteiger partial charge in [0.05, 0.1) is 26.4 Å². The number of unbranched alkanes of at least 4 members (excludes halogenated alkanes) is 36. The lowest BCUT2D eigenvalue weighted by Gasteiger charge is -2.21. The molecule has 3 unspecified atom stereocenters. The zero-order valence-corrected chi connectivity index (χ0v) is 60.4. The molecule has 0 bridgehead atoms. The van der Waals surface area contributed by atoms with E-state index in [0.29, 0.717) is 25.7 Å². The van der Waals surface area contributed by atoms with E-state index in [0.717, 1.165) is 108 Å². The minimum atomic E-state index is -4.95. The molecular formula is C71H138O17P2. The van der Waals surface area contributed by atoms with E-state index in [1.165, 1.54) is 167 Å². The van der Waals surface area contributed by atoms with E-state index in [-0.39, 0.29) is 25.7 Å². The Bertz CT molecular complexity index is 1770. The maximum atomic E-state index is 13.0. The van der Waals surface area contributed by atoms with E-state index in [4.69, 9.17) is 37.0 Å². The van der Waals surface area contributed by atoms with Gasteiger partial charge in [0.15, 0.2) is 12.2 Å². The van der Waals surface area contributed by atoms with Crippen LogP contribution in [0.5, 0.6) is 0 Å². The molecule has 90 heavy (non-hydrogen) atoms.